The van der Waals surface area contributed by atoms with Crippen LogP contribution in [0, 0.1) is 5.21 Å². The Hall–Kier alpha value is -0.460. The molecular weight excluding hydrogens is 189 g/mol. The molecule has 1 atom stereocenters. The molecule has 7 nitrogen and oxygen atoms in total. The van der Waals surface area contributed by atoms with Crippen LogP contribution in [0.1, 0.15) is 0 Å². The lowest BCUT2D eigenvalue weighted by molar-refractivity contribution is -0.842. The summed E-state index contributed by atoms with van der Waals surface area (Å²) in [5.74, 6) is -1.39. The van der Waals surface area contributed by atoms with E-state index in [1.807, 2.05) is 0 Å². The van der Waals surface area contributed by atoms with Crippen LogP contribution in [0.5, 0.6) is 0 Å². The molecule has 12 heavy (non-hydrogen) atoms. The van der Waals surface area contributed by atoms with Gasteiger partial charge in [-0.3, -0.25) is 4.57 Å². The van der Waals surface area contributed by atoms with Crippen molar-refractivity contribution >= 4 is 13.6 Å². The molecule has 0 bridgehead atoms. The molecule has 0 fully saturated rings. The van der Waals surface area contributed by atoms with Crippen LogP contribution in [-0.2, 0) is 9.36 Å². The van der Waals surface area contributed by atoms with Gasteiger partial charge >= 0.3 is 13.6 Å². The van der Waals surface area contributed by atoms with Gasteiger partial charge in [0.2, 0.25) is 0 Å². The Bertz CT molecular complexity index is 220. The third-order valence-electron chi connectivity index (χ3n) is 0.953. The van der Waals surface area contributed by atoms with Gasteiger partial charge in [0.1, 0.15) is 0 Å². The Labute approximate surface area is 68.6 Å². The lowest BCUT2D eigenvalue weighted by Gasteiger charge is -2.36. The molecule has 0 aliphatic carbocycles. The number of carbonyl (C=O) groups is 1. The number of likely N-dealkylation sites (N-methyl/N-ethyl adjacent to an activating group) is 1. The van der Waals surface area contributed by atoms with Crippen molar-refractivity contribution in [3.8, 4) is 0 Å². The van der Waals surface area contributed by atoms with E-state index in [-0.39, 0.29) is 0 Å². The normalized spacial score (nSPS) is 17.0. The van der Waals surface area contributed by atoms with E-state index in [4.69, 9.17) is 14.9 Å². The minimum Gasteiger partial charge on any atom is -0.632 e. The molecule has 0 radical (unpaired) electrons. The number of aliphatic carboxylic acids is 1. The quantitative estimate of drug-likeness (QED) is 0.308. The first-order chi connectivity index (χ1) is 5.12. The Kier molecular flexibility index (Phi) is 3.37. The maximum absolute atomic E-state index is 11.0. The maximum Gasteiger partial charge on any atom is 0.379 e. The Morgan fingerprint density at radius 2 is 2.00 bits per heavy atom. The van der Waals surface area contributed by atoms with Crippen molar-refractivity contribution in [1.82, 2.24) is 0 Å². The molecule has 0 aliphatic heterocycles. The van der Waals surface area contributed by atoms with Crippen LogP contribution in [0.4, 0.5) is 0 Å². The average molecular weight is 199 g/mol. The molecule has 0 rings (SSSR count). The van der Waals surface area contributed by atoms with E-state index < -0.39 is 31.0 Å². The second kappa shape index (κ2) is 3.51. The summed E-state index contributed by atoms with van der Waals surface area (Å²) in [4.78, 5) is 26.8. The standard InChI is InChI=1S/C4H10NO6P/c1-5(8,2-4(6)7)3-12(9,10)11/h2-3H2,1H3,(H,6,7)(H2,9,10,11). The van der Waals surface area contributed by atoms with Crippen LogP contribution < -0.4 is 0 Å². The predicted molar refractivity (Wildman–Crippen MR) is 39.0 cm³/mol. The summed E-state index contributed by atoms with van der Waals surface area (Å²) in [7, 11) is -3.55. The fraction of sp³-hybridized carbons (Fsp3) is 0.750. The van der Waals surface area contributed by atoms with Gasteiger partial charge in [-0.15, -0.1) is 0 Å². The molecule has 0 heterocycles. The molecule has 0 aromatic carbocycles. The van der Waals surface area contributed by atoms with E-state index in [1.54, 1.807) is 0 Å². The number of hydrogen-bond donors (Lipinski definition) is 3. The molecule has 0 saturated heterocycles. The zero-order valence-corrected chi connectivity index (χ0v) is 7.27. The van der Waals surface area contributed by atoms with E-state index in [0.717, 1.165) is 7.05 Å². The average Bonchev–Trinajstić information content (AvgIpc) is 1.48. The molecule has 8 heteroatoms. The summed E-state index contributed by atoms with van der Waals surface area (Å²) in [6, 6.07) is 0. The molecule has 1 unspecified atom stereocenters. The van der Waals surface area contributed by atoms with Crippen molar-refractivity contribution in [2.45, 2.75) is 0 Å². The van der Waals surface area contributed by atoms with Crippen molar-refractivity contribution in [1.29, 1.82) is 0 Å². The van der Waals surface area contributed by atoms with Gasteiger partial charge in [-0.2, -0.15) is 0 Å². The summed E-state index contributed by atoms with van der Waals surface area (Å²) in [5.41, 5.74) is 0. The second-order valence-electron chi connectivity index (χ2n) is 2.65. The minimum atomic E-state index is -4.45. The number of hydroxylamine groups is 3. The first kappa shape index (κ1) is 11.5. The summed E-state index contributed by atoms with van der Waals surface area (Å²) in [6.07, 6.45) is -1.01. The van der Waals surface area contributed by atoms with Crippen molar-refractivity contribution in [2.24, 2.45) is 0 Å². The molecule has 0 spiro atoms. The second-order valence-corrected chi connectivity index (χ2v) is 4.27. The van der Waals surface area contributed by atoms with E-state index in [2.05, 4.69) is 0 Å². The first-order valence-electron chi connectivity index (χ1n) is 2.94. The van der Waals surface area contributed by atoms with Crippen LogP contribution in [0.3, 0.4) is 0 Å². The fourth-order valence-corrected chi connectivity index (χ4v) is 1.61. The fourth-order valence-electron chi connectivity index (χ4n) is 0.726. The van der Waals surface area contributed by atoms with E-state index in [9.17, 15) is 14.6 Å². The van der Waals surface area contributed by atoms with Crippen LogP contribution in [-0.4, -0.2) is 45.4 Å². The number of nitrogens with zero attached hydrogens (tertiary/aromatic N) is 1. The maximum atomic E-state index is 11.0. The Morgan fingerprint density at radius 1 is 1.58 bits per heavy atom. The number of hydrogen-bond acceptors (Lipinski definition) is 3. The topological polar surface area (TPSA) is 118 Å². The molecule has 0 aliphatic rings. The SMILES string of the molecule is C[N+]([O-])(CC(=O)O)CP(=O)(O)O. The Balaban J connectivity index is 4.23. The van der Waals surface area contributed by atoms with E-state index in [0.29, 0.717) is 0 Å². The smallest absolute Gasteiger partial charge is 0.379 e. The zero-order valence-electron chi connectivity index (χ0n) is 6.38. The lowest BCUT2D eigenvalue weighted by Crippen LogP contribution is -2.42. The van der Waals surface area contributed by atoms with E-state index in [1.165, 1.54) is 0 Å². The van der Waals surface area contributed by atoms with Gasteiger partial charge in [-0.1, -0.05) is 0 Å². The summed E-state index contributed by atoms with van der Waals surface area (Å²) in [5, 5.41) is 19.2. The highest BCUT2D eigenvalue weighted by molar-refractivity contribution is 7.51. The number of rotatable bonds is 4. The number of carboxylic acids is 1. The van der Waals surface area contributed by atoms with Crippen LogP contribution in [0.2, 0.25) is 0 Å². The van der Waals surface area contributed by atoms with Crippen molar-refractivity contribution in [3.63, 3.8) is 0 Å². The molecule has 3 N–H and O–H groups in total. The zero-order chi connectivity index (χ0) is 9.99. The third kappa shape index (κ3) is 6.26. The third-order valence-corrected chi connectivity index (χ3v) is 1.92. The predicted octanol–water partition coefficient (Wildman–Crippen LogP) is -0.849. The summed E-state index contributed by atoms with van der Waals surface area (Å²) in [6.45, 7) is -0.856. The van der Waals surface area contributed by atoms with Gasteiger partial charge in [-0.05, 0) is 0 Å². The summed E-state index contributed by atoms with van der Waals surface area (Å²) >= 11 is 0. The molecular formula is C4H10NO6P. The van der Waals surface area contributed by atoms with Gasteiger partial charge in [0.25, 0.3) is 0 Å². The summed E-state index contributed by atoms with van der Waals surface area (Å²) < 4.78 is 8.84. The van der Waals surface area contributed by atoms with Crippen molar-refractivity contribution < 1.29 is 28.9 Å². The minimum absolute atomic E-state index is 0.856. The van der Waals surface area contributed by atoms with Crippen molar-refractivity contribution in [3.05, 3.63) is 5.21 Å². The molecule has 72 valence electrons. The highest BCUT2D eigenvalue weighted by Crippen LogP contribution is 2.36. The Morgan fingerprint density at radius 3 is 2.25 bits per heavy atom. The molecule has 0 amide bonds. The van der Waals surface area contributed by atoms with E-state index >= 15 is 0 Å². The van der Waals surface area contributed by atoms with Gasteiger partial charge in [-0.25, -0.2) is 4.79 Å². The lowest BCUT2D eigenvalue weighted by atomic mass is 10.6. The van der Waals surface area contributed by atoms with Gasteiger partial charge in [0.15, 0.2) is 12.8 Å². The number of quaternary nitrogens is 1. The van der Waals surface area contributed by atoms with Gasteiger partial charge < -0.3 is 24.7 Å². The number of carboxylic acid groups (broad SMARTS) is 1. The van der Waals surface area contributed by atoms with Gasteiger partial charge in [0.05, 0.1) is 7.05 Å². The van der Waals surface area contributed by atoms with Gasteiger partial charge in [0, 0.05) is 0 Å². The molecule has 0 aromatic rings. The first-order valence-corrected chi connectivity index (χ1v) is 4.74. The highest BCUT2D eigenvalue weighted by atomic mass is 31.2. The van der Waals surface area contributed by atoms with Crippen molar-refractivity contribution in [2.75, 3.05) is 19.9 Å². The monoisotopic (exact) mass is 199 g/mol. The largest absolute Gasteiger partial charge is 0.632 e. The van der Waals surface area contributed by atoms with Crippen LogP contribution in [0.25, 0.3) is 0 Å². The molecule has 0 aromatic heterocycles. The van der Waals surface area contributed by atoms with Crippen LogP contribution in [0.15, 0.2) is 0 Å². The molecule has 0 saturated carbocycles. The van der Waals surface area contributed by atoms with Crippen LogP contribution >= 0.6 is 7.60 Å². The highest BCUT2D eigenvalue weighted by Gasteiger charge is 2.26.